The lowest BCUT2D eigenvalue weighted by atomic mass is 9.94. The van der Waals surface area contributed by atoms with Crippen molar-refractivity contribution in [3.8, 4) is 0 Å². The lowest BCUT2D eigenvalue weighted by Gasteiger charge is -2.30. The summed E-state index contributed by atoms with van der Waals surface area (Å²) in [7, 11) is -3.56. The van der Waals surface area contributed by atoms with E-state index in [4.69, 9.17) is 0 Å². The molecule has 1 saturated heterocycles. The molecule has 0 radical (unpaired) electrons. The molecule has 132 valence electrons. The van der Waals surface area contributed by atoms with Gasteiger partial charge in [0.25, 0.3) is 5.91 Å². The number of hydrogen-bond acceptors (Lipinski definition) is 4. The van der Waals surface area contributed by atoms with Crippen molar-refractivity contribution >= 4 is 15.9 Å². The van der Waals surface area contributed by atoms with Crippen LogP contribution in [0.25, 0.3) is 0 Å². The van der Waals surface area contributed by atoms with Crippen LogP contribution in [0, 0.1) is 11.8 Å². The van der Waals surface area contributed by atoms with Crippen LogP contribution in [0.2, 0.25) is 0 Å². The maximum atomic E-state index is 12.5. The maximum absolute atomic E-state index is 12.5. The first-order chi connectivity index (χ1) is 11.5. The number of benzene rings is 1. The molecule has 1 aliphatic carbocycles. The minimum atomic E-state index is -3.56. The van der Waals surface area contributed by atoms with Crippen LogP contribution in [-0.2, 0) is 10.0 Å². The van der Waals surface area contributed by atoms with E-state index < -0.39 is 10.0 Å². The number of nitrogens with one attached hydrogen (secondary N) is 3. The number of carbonyl (C=O) groups excluding carboxylic acids is 1. The minimum absolute atomic E-state index is 0.0690. The predicted octanol–water partition coefficient (Wildman–Crippen LogP) is 1.10. The second-order valence-electron chi connectivity index (χ2n) is 6.87. The van der Waals surface area contributed by atoms with Crippen molar-refractivity contribution in [3.05, 3.63) is 29.8 Å². The van der Waals surface area contributed by atoms with Gasteiger partial charge < -0.3 is 10.6 Å². The summed E-state index contributed by atoms with van der Waals surface area (Å²) in [5.74, 6) is 0.642. The molecule has 2 atom stereocenters. The Bertz CT molecular complexity index is 701. The topological polar surface area (TPSA) is 87.3 Å². The molecule has 1 aromatic carbocycles. The third-order valence-corrected chi connectivity index (χ3v) is 6.23. The van der Waals surface area contributed by atoms with Gasteiger partial charge in [-0.1, -0.05) is 13.0 Å². The molecule has 7 heteroatoms. The molecule has 0 aromatic heterocycles. The Morgan fingerprint density at radius 3 is 2.79 bits per heavy atom. The Balaban J connectivity index is 1.68. The normalized spacial score (nSPS) is 24.5. The van der Waals surface area contributed by atoms with Gasteiger partial charge in [0.15, 0.2) is 0 Å². The second-order valence-corrected chi connectivity index (χ2v) is 8.64. The van der Waals surface area contributed by atoms with Gasteiger partial charge in [-0.2, -0.15) is 0 Å². The lowest BCUT2D eigenvalue weighted by molar-refractivity contribution is 0.0915. The summed E-state index contributed by atoms with van der Waals surface area (Å²) >= 11 is 0. The zero-order valence-electron chi connectivity index (χ0n) is 13.9. The van der Waals surface area contributed by atoms with Crippen LogP contribution in [-0.4, -0.2) is 40.0 Å². The van der Waals surface area contributed by atoms with E-state index in [-0.39, 0.29) is 16.8 Å². The van der Waals surface area contributed by atoms with E-state index in [1.165, 1.54) is 12.1 Å². The number of sulfonamides is 1. The van der Waals surface area contributed by atoms with Gasteiger partial charge in [-0.3, -0.25) is 4.79 Å². The highest BCUT2D eigenvalue weighted by atomic mass is 32.2. The molecule has 2 unspecified atom stereocenters. The van der Waals surface area contributed by atoms with Crippen molar-refractivity contribution in [2.24, 2.45) is 11.8 Å². The third kappa shape index (κ3) is 4.34. The zero-order chi connectivity index (χ0) is 17.2. The number of piperidine rings is 1. The van der Waals surface area contributed by atoms with Crippen molar-refractivity contribution in [2.75, 3.05) is 19.6 Å². The molecule has 0 spiro atoms. The largest absolute Gasteiger partial charge is 0.348 e. The Kier molecular flexibility index (Phi) is 5.22. The summed E-state index contributed by atoms with van der Waals surface area (Å²) in [5.41, 5.74) is 0.377. The van der Waals surface area contributed by atoms with Crippen molar-refractivity contribution in [2.45, 2.75) is 37.1 Å². The molecule has 3 rings (SSSR count). The summed E-state index contributed by atoms with van der Waals surface area (Å²) in [4.78, 5) is 12.6. The Morgan fingerprint density at radius 1 is 1.29 bits per heavy atom. The van der Waals surface area contributed by atoms with Gasteiger partial charge in [0.05, 0.1) is 4.90 Å². The highest BCUT2D eigenvalue weighted by Gasteiger charge is 2.26. The van der Waals surface area contributed by atoms with E-state index in [9.17, 15) is 13.2 Å². The average Bonchev–Trinajstić information content (AvgIpc) is 3.40. The minimum Gasteiger partial charge on any atom is -0.348 e. The molecular weight excluding hydrogens is 326 g/mol. The van der Waals surface area contributed by atoms with Gasteiger partial charge in [0.1, 0.15) is 0 Å². The van der Waals surface area contributed by atoms with Gasteiger partial charge in [0.2, 0.25) is 10.0 Å². The van der Waals surface area contributed by atoms with E-state index in [0.29, 0.717) is 23.9 Å². The quantitative estimate of drug-likeness (QED) is 0.716. The standard InChI is InChI=1S/C17H25N3O3S/c1-12-7-8-18-11-16(12)20-17(21)14-3-2-4-15(9-14)24(22,23)19-10-13-5-6-13/h2-4,9,12-13,16,18-19H,5-8,10-11H2,1H3,(H,20,21). The molecule has 24 heavy (non-hydrogen) atoms. The van der Waals surface area contributed by atoms with Crippen LogP contribution in [0.15, 0.2) is 29.2 Å². The summed E-state index contributed by atoms with van der Waals surface area (Å²) in [6, 6.07) is 6.31. The van der Waals surface area contributed by atoms with Gasteiger partial charge in [-0.15, -0.1) is 0 Å². The lowest BCUT2D eigenvalue weighted by Crippen LogP contribution is -2.50. The van der Waals surface area contributed by atoms with Gasteiger partial charge in [-0.05, 0) is 55.8 Å². The van der Waals surface area contributed by atoms with Crippen molar-refractivity contribution in [1.29, 1.82) is 0 Å². The zero-order valence-corrected chi connectivity index (χ0v) is 14.7. The SMILES string of the molecule is CC1CCNCC1NC(=O)c1cccc(S(=O)(=O)NCC2CC2)c1. The van der Waals surface area contributed by atoms with E-state index in [1.807, 2.05) is 0 Å². The van der Waals surface area contributed by atoms with Crippen LogP contribution in [0.5, 0.6) is 0 Å². The number of rotatable bonds is 6. The molecule has 1 amide bonds. The Morgan fingerprint density at radius 2 is 2.08 bits per heavy atom. The second kappa shape index (κ2) is 7.21. The van der Waals surface area contributed by atoms with Crippen LogP contribution in [0.4, 0.5) is 0 Å². The molecule has 3 N–H and O–H groups in total. The maximum Gasteiger partial charge on any atom is 0.251 e. The molecule has 0 bridgehead atoms. The molecule has 2 fully saturated rings. The Hall–Kier alpha value is -1.44. The molecule has 1 aromatic rings. The highest BCUT2D eigenvalue weighted by molar-refractivity contribution is 7.89. The summed E-state index contributed by atoms with van der Waals surface area (Å²) < 4.78 is 27.3. The summed E-state index contributed by atoms with van der Waals surface area (Å²) in [6.07, 6.45) is 3.18. The van der Waals surface area contributed by atoms with Gasteiger partial charge in [0, 0.05) is 24.7 Å². The monoisotopic (exact) mass is 351 g/mol. The van der Waals surface area contributed by atoms with Crippen molar-refractivity contribution in [1.82, 2.24) is 15.4 Å². The fourth-order valence-electron chi connectivity index (χ4n) is 2.87. The summed E-state index contributed by atoms with van der Waals surface area (Å²) in [6.45, 7) is 4.31. The van der Waals surface area contributed by atoms with E-state index in [0.717, 1.165) is 32.4 Å². The van der Waals surface area contributed by atoms with Crippen molar-refractivity contribution in [3.63, 3.8) is 0 Å². The first-order valence-corrected chi connectivity index (χ1v) is 10.1. The number of amides is 1. The summed E-state index contributed by atoms with van der Waals surface area (Å²) in [5, 5.41) is 6.28. The predicted molar refractivity (Wildman–Crippen MR) is 92.3 cm³/mol. The molecular formula is C17H25N3O3S. The highest BCUT2D eigenvalue weighted by Crippen LogP contribution is 2.28. The van der Waals surface area contributed by atoms with Crippen LogP contribution in [0.3, 0.4) is 0 Å². The average molecular weight is 351 g/mol. The smallest absolute Gasteiger partial charge is 0.251 e. The fraction of sp³-hybridized carbons (Fsp3) is 0.588. The van der Waals surface area contributed by atoms with E-state index >= 15 is 0 Å². The molecule has 1 heterocycles. The van der Waals surface area contributed by atoms with E-state index in [1.54, 1.807) is 12.1 Å². The molecule has 6 nitrogen and oxygen atoms in total. The first kappa shape index (κ1) is 17.4. The van der Waals surface area contributed by atoms with Crippen LogP contribution >= 0.6 is 0 Å². The Labute approximate surface area is 143 Å². The van der Waals surface area contributed by atoms with E-state index in [2.05, 4.69) is 22.3 Å². The first-order valence-electron chi connectivity index (χ1n) is 8.57. The number of hydrogen-bond donors (Lipinski definition) is 3. The van der Waals surface area contributed by atoms with Gasteiger partial charge >= 0.3 is 0 Å². The van der Waals surface area contributed by atoms with Crippen LogP contribution in [0.1, 0.15) is 36.5 Å². The van der Waals surface area contributed by atoms with Crippen molar-refractivity contribution < 1.29 is 13.2 Å². The third-order valence-electron chi connectivity index (χ3n) is 4.81. The molecule has 1 aliphatic heterocycles. The molecule has 2 aliphatic rings. The van der Waals surface area contributed by atoms with Gasteiger partial charge in [-0.25, -0.2) is 13.1 Å². The number of carbonyl (C=O) groups is 1. The molecule has 1 saturated carbocycles. The van der Waals surface area contributed by atoms with Crippen LogP contribution < -0.4 is 15.4 Å². The fourth-order valence-corrected chi connectivity index (χ4v) is 4.03.